The second kappa shape index (κ2) is 6.14. The lowest BCUT2D eigenvalue weighted by atomic mass is 9.94. The lowest BCUT2D eigenvalue weighted by Crippen LogP contribution is -2.45. The van der Waals surface area contributed by atoms with Crippen molar-refractivity contribution in [2.75, 3.05) is 6.54 Å². The number of carbonyl (C=O) groups excluding carboxylic acids is 1. The van der Waals surface area contributed by atoms with Crippen LogP contribution in [0.15, 0.2) is 30.3 Å². The van der Waals surface area contributed by atoms with Gasteiger partial charge in [-0.1, -0.05) is 26.0 Å². The molecule has 1 aliphatic heterocycles. The van der Waals surface area contributed by atoms with Gasteiger partial charge < -0.3 is 4.90 Å². The van der Waals surface area contributed by atoms with Crippen LogP contribution in [0.4, 0.5) is 4.39 Å². The first-order valence-corrected chi connectivity index (χ1v) is 8.15. The van der Waals surface area contributed by atoms with Crippen LogP contribution in [0, 0.1) is 5.82 Å². The lowest BCUT2D eigenvalue weighted by Gasteiger charge is -2.41. The van der Waals surface area contributed by atoms with E-state index in [1.54, 1.807) is 16.8 Å². The summed E-state index contributed by atoms with van der Waals surface area (Å²) < 4.78 is 14.9. The number of benzene rings is 1. The first-order valence-electron chi connectivity index (χ1n) is 8.15. The zero-order valence-corrected chi connectivity index (χ0v) is 13.8. The van der Waals surface area contributed by atoms with E-state index in [1.807, 2.05) is 17.9 Å². The van der Waals surface area contributed by atoms with E-state index in [9.17, 15) is 9.18 Å². The minimum Gasteiger partial charge on any atom is -0.330 e. The molecule has 0 spiro atoms. The normalized spacial score (nSPS) is 17.4. The van der Waals surface area contributed by atoms with Crippen LogP contribution in [0.1, 0.15) is 60.9 Å². The molecule has 1 fully saturated rings. The van der Waals surface area contributed by atoms with Gasteiger partial charge in [0.05, 0.1) is 11.7 Å². The fourth-order valence-electron chi connectivity index (χ4n) is 2.94. The fourth-order valence-corrected chi connectivity index (χ4v) is 2.94. The van der Waals surface area contributed by atoms with E-state index in [0.717, 1.165) is 24.2 Å². The summed E-state index contributed by atoms with van der Waals surface area (Å²) >= 11 is 0. The highest BCUT2D eigenvalue weighted by Crippen LogP contribution is 2.34. The standard InChI is InChI=1S/C18H22FN3O/c1-4-22-17(11-15(20-22)12(2)3)18(23)21-10-9-16(21)13-5-7-14(19)8-6-13/h5-8,11-12,16H,4,9-10H2,1-3H3. The van der Waals surface area contributed by atoms with Gasteiger partial charge in [0.25, 0.3) is 5.91 Å². The van der Waals surface area contributed by atoms with E-state index < -0.39 is 0 Å². The number of amides is 1. The Kier molecular flexibility index (Phi) is 4.20. The molecule has 0 radical (unpaired) electrons. The summed E-state index contributed by atoms with van der Waals surface area (Å²) in [5.41, 5.74) is 2.56. The molecule has 0 N–H and O–H groups in total. The highest BCUT2D eigenvalue weighted by molar-refractivity contribution is 5.93. The maximum Gasteiger partial charge on any atom is 0.272 e. The molecule has 2 heterocycles. The molecular weight excluding hydrogens is 293 g/mol. The van der Waals surface area contributed by atoms with E-state index in [4.69, 9.17) is 0 Å². The van der Waals surface area contributed by atoms with E-state index >= 15 is 0 Å². The van der Waals surface area contributed by atoms with Crippen molar-refractivity contribution in [1.29, 1.82) is 0 Å². The van der Waals surface area contributed by atoms with Crippen molar-refractivity contribution in [3.8, 4) is 0 Å². The van der Waals surface area contributed by atoms with Gasteiger partial charge in [0, 0.05) is 13.1 Å². The molecule has 1 amide bonds. The molecule has 5 heteroatoms. The molecule has 23 heavy (non-hydrogen) atoms. The Labute approximate surface area is 135 Å². The maximum absolute atomic E-state index is 13.1. The van der Waals surface area contributed by atoms with E-state index in [0.29, 0.717) is 18.2 Å². The molecule has 1 atom stereocenters. The van der Waals surface area contributed by atoms with Crippen LogP contribution in [-0.4, -0.2) is 27.1 Å². The summed E-state index contributed by atoms with van der Waals surface area (Å²) in [6.45, 7) is 7.53. The maximum atomic E-state index is 13.1. The van der Waals surface area contributed by atoms with Crippen molar-refractivity contribution in [1.82, 2.24) is 14.7 Å². The quantitative estimate of drug-likeness (QED) is 0.862. The number of likely N-dealkylation sites (tertiary alicyclic amines) is 1. The fraction of sp³-hybridized carbons (Fsp3) is 0.444. The molecule has 1 aromatic heterocycles. The summed E-state index contributed by atoms with van der Waals surface area (Å²) in [4.78, 5) is 14.7. The van der Waals surface area contributed by atoms with Crippen molar-refractivity contribution in [3.63, 3.8) is 0 Å². The Morgan fingerprint density at radius 2 is 2.04 bits per heavy atom. The second-order valence-electron chi connectivity index (χ2n) is 6.28. The molecule has 0 aliphatic carbocycles. The lowest BCUT2D eigenvalue weighted by molar-refractivity contribution is 0.0447. The third-order valence-electron chi connectivity index (χ3n) is 4.44. The molecule has 3 rings (SSSR count). The number of aromatic nitrogens is 2. The zero-order valence-electron chi connectivity index (χ0n) is 13.8. The Morgan fingerprint density at radius 1 is 1.35 bits per heavy atom. The van der Waals surface area contributed by atoms with Gasteiger partial charge in [-0.05, 0) is 43.0 Å². The first-order chi connectivity index (χ1) is 11.0. The predicted octanol–water partition coefficient (Wildman–Crippen LogP) is 3.75. The van der Waals surface area contributed by atoms with Crippen molar-refractivity contribution in [2.45, 2.75) is 45.7 Å². The van der Waals surface area contributed by atoms with Crippen LogP contribution < -0.4 is 0 Å². The van der Waals surface area contributed by atoms with E-state index in [1.165, 1.54) is 12.1 Å². The molecule has 1 saturated heterocycles. The summed E-state index contributed by atoms with van der Waals surface area (Å²) in [5.74, 6) is 0.0436. The van der Waals surface area contributed by atoms with Gasteiger partial charge in [-0.3, -0.25) is 9.48 Å². The minimum absolute atomic E-state index is 0.00632. The minimum atomic E-state index is -0.253. The van der Waals surface area contributed by atoms with Crippen molar-refractivity contribution in [2.24, 2.45) is 0 Å². The largest absolute Gasteiger partial charge is 0.330 e. The highest BCUT2D eigenvalue weighted by atomic mass is 19.1. The summed E-state index contributed by atoms with van der Waals surface area (Å²) in [5, 5.41) is 4.52. The van der Waals surface area contributed by atoms with Crippen LogP contribution in [-0.2, 0) is 6.54 Å². The summed E-state index contributed by atoms with van der Waals surface area (Å²) in [7, 11) is 0. The smallest absolute Gasteiger partial charge is 0.272 e. The van der Waals surface area contributed by atoms with Crippen LogP contribution in [0.25, 0.3) is 0 Å². The monoisotopic (exact) mass is 315 g/mol. The van der Waals surface area contributed by atoms with Gasteiger partial charge in [0.2, 0.25) is 0 Å². The average Bonchev–Trinajstić information content (AvgIpc) is 2.93. The molecular formula is C18H22FN3O. The average molecular weight is 315 g/mol. The number of aryl methyl sites for hydroxylation is 1. The number of hydrogen-bond donors (Lipinski definition) is 0. The summed E-state index contributed by atoms with van der Waals surface area (Å²) in [6, 6.07) is 8.35. The Bertz CT molecular complexity index is 706. The van der Waals surface area contributed by atoms with Gasteiger partial charge >= 0.3 is 0 Å². The van der Waals surface area contributed by atoms with Crippen molar-refractivity contribution < 1.29 is 9.18 Å². The Balaban J connectivity index is 1.84. The Hall–Kier alpha value is -2.17. The summed E-state index contributed by atoms with van der Waals surface area (Å²) in [6.07, 6.45) is 0.911. The molecule has 1 aliphatic rings. The molecule has 1 unspecified atom stereocenters. The Morgan fingerprint density at radius 3 is 2.57 bits per heavy atom. The van der Waals surface area contributed by atoms with Gasteiger partial charge in [-0.15, -0.1) is 0 Å². The number of rotatable bonds is 4. The third-order valence-corrected chi connectivity index (χ3v) is 4.44. The van der Waals surface area contributed by atoms with E-state index in [2.05, 4.69) is 18.9 Å². The van der Waals surface area contributed by atoms with Gasteiger partial charge in [0.15, 0.2) is 0 Å². The van der Waals surface area contributed by atoms with Crippen LogP contribution in [0.3, 0.4) is 0 Å². The number of nitrogens with zero attached hydrogens (tertiary/aromatic N) is 3. The van der Waals surface area contributed by atoms with Crippen LogP contribution in [0.2, 0.25) is 0 Å². The number of carbonyl (C=O) groups is 1. The van der Waals surface area contributed by atoms with Crippen LogP contribution in [0.5, 0.6) is 0 Å². The molecule has 1 aromatic carbocycles. The number of halogens is 1. The number of hydrogen-bond acceptors (Lipinski definition) is 2. The molecule has 0 saturated carbocycles. The topological polar surface area (TPSA) is 38.1 Å². The van der Waals surface area contributed by atoms with Crippen molar-refractivity contribution in [3.05, 3.63) is 53.1 Å². The van der Waals surface area contributed by atoms with Gasteiger partial charge in [-0.2, -0.15) is 5.10 Å². The van der Waals surface area contributed by atoms with Crippen molar-refractivity contribution >= 4 is 5.91 Å². The van der Waals surface area contributed by atoms with Gasteiger partial charge in [0.1, 0.15) is 11.5 Å². The molecule has 122 valence electrons. The van der Waals surface area contributed by atoms with Gasteiger partial charge in [-0.25, -0.2) is 4.39 Å². The van der Waals surface area contributed by atoms with Crippen LogP contribution >= 0.6 is 0 Å². The second-order valence-corrected chi connectivity index (χ2v) is 6.28. The zero-order chi connectivity index (χ0) is 16.6. The SMILES string of the molecule is CCn1nc(C(C)C)cc1C(=O)N1CCC1c1ccc(F)cc1. The highest BCUT2D eigenvalue weighted by Gasteiger charge is 2.35. The van der Waals surface area contributed by atoms with E-state index in [-0.39, 0.29) is 17.8 Å². The predicted molar refractivity (Wildman–Crippen MR) is 86.8 cm³/mol. The first kappa shape index (κ1) is 15.7. The third kappa shape index (κ3) is 2.87. The molecule has 2 aromatic rings. The molecule has 0 bridgehead atoms. The molecule has 4 nitrogen and oxygen atoms in total.